The van der Waals surface area contributed by atoms with Crippen LogP contribution >= 0.6 is 0 Å². The molecule has 0 amide bonds. The van der Waals surface area contributed by atoms with Crippen molar-refractivity contribution in [2.75, 3.05) is 0 Å². The lowest BCUT2D eigenvalue weighted by Crippen LogP contribution is -2.10. The van der Waals surface area contributed by atoms with Gasteiger partial charge in [0, 0.05) is 17.3 Å². The summed E-state index contributed by atoms with van der Waals surface area (Å²) in [5.41, 5.74) is 7.21. The van der Waals surface area contributed by atoms with Crippen molar-refractivity contribution >= 4 is 5.65 Å². The zero-order valence-corrected chi connectivity index (χ0v) is 19.0. The summed E-state index contributed by atoms with van der Waals surface area (Å²) in [6.45, 7) is 12.4. The van der Waals surface area contributed by atoms with Gasteiger partial charge in [0.05, 0.1) is 18.0 Å². The number of fused-ring (bicyclic) bond motifs is 1. The molecule has 0 spiro atoms. The maximum absolute atomic E-state index is 14.6. The molecule has 0 saturated heterocycles. The zero-order chi connectivity index (χ0) is 22.3. The number of benzene rings is 2. The Morgan fingerprint density at radius 2 is 1.65 bits per heavy atom. The number of nitrogens with zero attached hydrogens (tertiary/aromatic N) is 2. The number of hydrogen-bond donors (Lipinski definition) is 0. The van der Waals surface area contributed by atoms with Gasteiger partial charge in [-0.15, -0.1) is 0 Å². The van der Waals surface area contributed by atoms with E-state index >= 15 is 0 Å². The maximum atomic E-state index is 14.6. The zero-order valence-electron chi connectivity index (χ0n) is 19.0. The molecule has 0 aliphatic rings. The molecule has 3 nitrogen and oxygen atoms in total. The van der Waals surface area contributed by atoms with Crippen LogP contribution in [0.4, 0.5) is 4.39 Å². The largest absolute Gasteiger partial charge is 0.488 e. The number of pyridine rings is 1. The Kier molecular flexibility index (Phi) is 5.34. The smallest absolute Gasteiger partial charge is 0.165 e. The molecule has 0 fully saturated rings. The van der Waals surface area contributed by atoms with E-state index in [2.05, 4.69) is 54.4 Å². The molecule has 0 aliphatic heterocycles. The van der Waals surface area contributed by atoms with E-state index in [1.807, 2.05) is 45.3 Å². The van der Waals surface area contributed by atoms with Crippen LogP contribution in [0.5, 0.6) is 5.75 Å². The van der Waals surface area contributed by atoms with Gasteiger partial charge in [-0.25, -0.2) is 9.37 Å². The summed E-state index contributed by atoms with van der Waals surface area (Å²) in [6, 6.07) is 15.8. The van der Waals surface area contributed by atoms with Crippen molar-refractivity contribution in [1.82, 2.24) is 9.38 Å². The molecule has 2 aromatic heterocycles. The van der Waals surface area contributed by atoms with Gasteiger partial charge in [-0.1, -0.05) is 51.1 Å². The number of ether oxygens (including phenoxy) is 1. The monoisotopic (exact) mass is 416 g/mol. The lowest BCUT2D eigenvalue weighted by atomic mass is 9.86. The van der Waals surface area contributed by atoms with Crippen LogP contribution in [0.15, 0.2) is 60.9 Å². The highest BCUT2D eigenvalue weighted by molar-refractivity contribution is 5.72. The molecule has 0 aliphatic carbocycles. The molecular weight excluding hydrogens is 387 g/mol. The average molecular weight is 417 g/mol. The first kappa shape index (κ1) is 21.1. The first-order valence-corrected chi connectivity index (χ1v) is 10.7. The summed E-state index contributed by atoms with van der Waals surface area (Å²) >= 11 is 0. The fourth-order valence-electron chi connectivity index (χ4n) is 3.79. The molecule has 160 valence electrons. The van der Waals surface area contributed by atoms with E-state index in [1.165, 1.54) is 5.56 Å². The summed E-state index contributed by atoms with van der Waals surface area (Å²) in [4.78, 5) is 4.60. The van der Waals surface area contributed by atoms with Gasteiger partial charge in [0.25, 0.3) is 0 Å². The third-order valence-corrected chi connectivity index (χ3v) is 5.51. The second-order valence-electron chi connectivity index (χ2n) is 9.38. The molecule has 0 N–H and O–H groups in total. The summed E-state index contributed by atoms with van der Waals surface area (Å²) in [7, 11) is 0. The summed E-state index contributed by atoms with van der Waals surface area (Å²) in [6.07, 6.45) is 3.87. The van der Waals surface area contributed by atoms with Crippen LogP contribution < -0.4 is 4.74 Å². The van der Waals surface area contributed by atoms with Crippen molar-refractivity contribution in [3.05, 3.63) is 77.9 Å². The second-order valence-corrected chi connectivity index (χ2v) is 9.38. The van der Waals surface area contributed by atoms with E-state index < -0.39 is 0 Å². The van der Waals surface area contributed by atoms with Crippen molar-refractivity contribution in [1.29, 1.82) is 0 Å². The Labute approximate surface area is 183 Å². The normalized spacial score (nSPS) is 12.0. The Morgan fingerprint density at radius 3 is 2.26 bits per heavy atom. The van der Waals surface area contributed by atoms with Crippen LogP contribution in [0.1, 0.15) is 45.7 Å². The molecule has 0 atom stereocenters. The number of aromatic nitrogens is 2. The highest BCUT2D eigenvalue weighted by atomic mass is 19.1. The van der Waals surface area contributed by atoms with Gasteiger partial charge in [0.2, 0.25) is 0 Å². The van der Waals surface area contributed by atoms with Crippen LogP contribution in [-0.4, -0.2) is 15.5 Å². The molecule has 0 saturated carbocycles. The summed E-state index contributed by atoms with van der Waals surface area (Å²) in [5.74, 6) is -0.0749. The van der Waals surface area contributed by atoms with E-state index in [4.69, 9.17) is 4.74 Å². The molecular formula is C27H29FN2O. The molecule has 4 aromatic rings. The Bertz CT molecular complexity index is 1230. The highest BCUT2D eigenvalue weighted by Gasteiger charge is 2.15. The van der Waals surface area contributed by atoms with Crippen molar-refractivity contribution in [2.45, 2.75) is 53.1 Å². The van der Waals surface area contributed by atoms with Gasteiger partial charge in [-0.3, -0.25) is 4.40 Å². The minimum atomic E-state index is -0.352. The van der Waals surface area contributed by atoms with Crippen LogP contribution in [0.2, 0.25) is 0 Å². The molecule has 0 unspecified atom stereocenters. The molecule has 2 heterocycles. The second kappa shape index (κ2) is 7.84. The SMILES string of the molecule is Cc1cc2ncc(-c3ccc(C(C)(C)C)cc3)n2cc1-c1ccc(OC(C)C)c(F)c1. The minimum absolute atomic E-state index is 0.0726. The number of rotatable bonds is 4. The van der Waals surface area contributed by atoms with E-state index in [1.54, 1.807) is 12.1 Å². The van der Waals surface area contributed by atoms with Crippen LogP contribution in [0.25, 0.3) is 28.0 Å². The fourth-order valence-corrected chi connectivity index (χ4v) is 3.79. The van der Waals surface area contributed by atoms with Gasteiger partial charge < -0.3 is 4.74 Å². The molecule has 2 aromatic carbocycles. The molecule has 0 bridgehead atoms. The van der Waals surface area contributed by atoms with Gasteiger partial charge in [0.1, 0.15) is 5.65 Å². The standard InChI is InChI=1S/C27H29FN2O/c1-17(2)31-25-12-9-20(14-23(25)28)22-16-30-24(15-29-26(30)13-18(22)3)19-7-10-21(11-8-19)27(4,5)6/h7-17H,1-6H3. The van der Waals surface area contributed by atoms with E-state index in [-0.39, 0.29) is 23.1 Å². The lowest BCUT2D eigenvalue weighted by molar-refractivity contribution is 0.231. The van der Waals surface area contributed by atoms with Gasteiger partial charge in [-0.05, 0) is 61.1 Å². The highest BCUT2D eigenvalue weighted by Crippen LogP contribution is 2.32. The van der Waals surface area contributed by atoms with E-state index in [0.29, 0.717) is 0 Å². The van der Waals surface area contributed by atoms with Gasteiger partial charge in [0.15, 0.2) is 11.6 Å². The predicted octanol–water partition coefficient (Wildman–Crippen LogP) is 7.20. The van der Waals surface area contributed by atoms with Crippen LogP contribution in [0, 0.1) is 12.7 Å². The first-order chi connectivity index (χ1) is 14.6. The fraction of sp³-hybridized carbons (Fsp3) is 0.296. The Morgan fingerprint density at radius 1 is 0.968 bits per heavy atom. The third-order valence-electron chi connectivity index (χ3n) is 5.51. The lowest BCUT2D eigenvalue weighted by Gasteiger charge is -2.19. The minimum Gasteiger partial charge on any atom is -0.488 e. The Balaban J connectivity index is 1.77. The number of aryl methyl sites for hydroxylation is 1. The average Bonchev–Trinajstić information content (AvgIpc) is 3.10. The van der Waals surface area contributed by atoms with Crippen molar-refractivity contribution in [2.24, 2.45) is 0 Å². The first-order valence-electron chi connectivity index (χ1n) is 10.7. The maximum Gasteiger partial charge on any atom is 0.165 e. The summed E-state index contributed by atoms with van der Waals surface area (Å²) in [5, 5.41) is 0. The number of imidazole rings is 1. The number of hydrogen-bond acceptors (Lipinski definition) is 2. The van der Waals surface area contributed by atoms with E-state index in [0.717, 1.165) is 33.6 Å². The predicted molar refractivity (Wildman–Crippen MR) is 125 cm³/mol. The van der Waals surface area contributed by atoms with Gasteiger partial charge >= 0.3 is 0 Å². The molecule has 31 heavy (non-hydrogen) atoms. The molecule has 4 heteroatoms. The van der Waals surface area contributed by atoms with Crippen LogP contribution in [-0.2, 0) is 5.41 Å². The summed E-state index contributed by atoms with van der Waals surface area (Å²) < 4.78 is 22.2. The van der Waals surface area contributed by atoms with Gasteiger partial charge in [-0.2, -0.15) is 0 Å². The molecule has 4 rings (SSSR count). The van der Waals surface area contributed by atoms with Crippen molar-refractivity contribution in [3.8, 4) is 28.1 Å². The van der Waals surface area contributed by atoms with Crippen molar-refractivity contribution < 1.29 is 9.13 Å². The van der Waals surface area contributed by atoms with Crippen LogP contribution in [0.3, 0.4) is 0 Å². The Hall–Kier alpha value is -3.14. The quantitative estimate of drug-likeness (QED) is 0.352. The van der Waals surface area contributed by atoms with E-state index in [9.17, 15) is 4.39 Å². The topological polar surface area (TPSA) is 26.5 Å². The third kappa shape index (κ3) is 4.20. The molecule has 0 radical (unpaired) electrons. The number of halogens is 1. The van der Waals surface area contributed by atoms with Crippen molar-refractivity contribution in [3.63, 3.8) is 0 Å².